The molecule has 0 radical (unpaired) electrons. The van der Waals surface area contributed by atoms with Gasteiger partial charge in [0.1, 0.15) is 5.60 Å². The van der Waals surface area contributed by atoms with Gasteiger partial charge in [-0.1, -0.05) is 27.2 Å². The summed E-state index contributed by atoms with van der Waals surface area (Å²) in [6.45, 7) is 8.90. The highest BCUT2D eigenvalue weighted by Crippen LogP contribution is 2.28. The van der Waals surface area contributed by atoms with E-state index in [9.17, 15) is 4.79 Å². The van der Waals surface area contributed by atoms with Crippen molar-refractivity contribution in [1.82, 2.24) is 0 Å². The number of ether oxygens (including phenoxy) is 1. The molecule has 12 heavy (non-hydrogen) atoms. The fourth-order valence-corrected chi connectivity index (χ4v) is 1.40. The van der Waals surface area contributed by atoms with Crippen molar-refractivity contribution >= 4 is 6.47 Å². The van der Waals surface area contributed by atoms with Gasteiger partial charge in [0, 0.05) is 0 Å². The quantitative estimate of drug-likeness (QED) is 0.576. The lowest BCUT2D eigenvalue weighted by Crippen LogP contribution is -2.35. The molecule has 0 aromatic carbocycles. The second kappa shape index (κ2) is 5.18. The lowest BCUT2D eigenvalue weighted by Gasteiger charge is -2.32. The Labute approximate surface area is 75.3 Å². The molecule has 0 aromatic heterocycles. The SMILES string of the molecule is CCCC(C)C(C)(CC)OC=O. The van der Waals surface area contributed by atoms with E-state index in [1.807, 2.05) is 6.92 Å². The topological polar surface area (TPSA) is 26.3 Å². The molecule has 2 atom stereocenters. The molecule has 0 saturated carbocycles. The predicted molar refractivity (Wildman–Crippen MR) is 49.9 cm³/mol. The van der Waals surface area contributed by atoms with Gasteiger partial charge in [-0.2, -0.15) is 0 Å². The van der Waals surface area contributed by atoms with Crippen LogP contribution in [-0.4, -0.2) is 12.1 Å². The average molecular weight is 172 g/mol. The number of rotatable bonds is 6. The van der Waals surface area contributed by atoms with E-state index in [0.29, 0.717) is 12.4 Å². The lowest BCUT2D eigenvalue weighted by molar-refractivity contribution is -0.147. The summed E-state index contributed by atoms with van der Waals surface area (Å²) in [6.07, 6.45) is 3.13. The normalized spacial score (nSPS) is 18.0. The van der Waals surface area contributed by atoms with Crippen LogP contribution in [0, 0.1) is 5.92 Å². The molecule has 2 unspecified atom stereocenters. The Bertz CT molecular complexity index is 134. The summed E-state index contributed by atoms with van der Waals surface area (Å²) in [4.78, 5) is 10.3. The molecule has 0 spiro atoms. The van der Waals surface area contributed by atoms with Crippen LogP contribution < -0.4 is 0 Å². The Morgan fingerprint density at radius 3 is 2.42 bits per heavy atom. The van der Waals surface area contributed by atoms with Crippen LogP contribution in [0.2, 0.25) is 0 Å². The molecule has 0 saturated heterocycles. The Balaban J connectivity index is 4.17. The van der Waals surface area contributed by atoms with Gasteiger partial charge in [0.25, 0.3) is 6.47 Å². The zero-order valence-corrected chi connectivity index (χ0v) is 8.59. The minimum absolute atomic E-state index is 0.266. The molecule has 0 amide bonds. The van der Waals surface area contributed by atoms with Crippen LogP contribution in [0.1, 0.15) is 47.0 Å². The maximum absolute atomic E-state index is 10.3. The standard InChI is InChI=1S/C10H20O2/c1-5-7-9(3)10(4,6-2)12-8-11/h8-9H,5-7H2,1-4H3. The molecule has 0 aliphatic carbocycles. The van der Waals surface area contributed by atoms with Crippen molar-refractivity contribution < 1.29 is 9.53 Å². The third-order valence-electron chi connectivity index (χ3n) is 2.78. The van der Waals surface area contributed by atoms with Crippen molar-refractivity contribution in [3.05, 3.63) is 0 Å². The van der Waals surface area contributed by atoms with Crippen molar-refractivity contribution in [3.63, 3.8) is 0 Å². The van der Waals surface area contributed by atoms with Crippen molar-refractivity contribution in [2.24, 2.45) is 5.92 Å². The monoisotopic (exact) mass is 172 g/mol. The van der Waals surface area contributed by atoms with E-state index in [-0.39, 0.29) is 5.60 Å². The van der Waals surface area contributed by atoms with Gasteiger partial charge in [-0.3, -0.25) is 4.79 Å². The average Bonchev–Trinajstić information content (AvgIpc) is 2.05. The number of hydrogen-bond donors (Lipinski definition) is 0. The second-order valence-electron chi connectivity index (χ2n) is 3.57. The van der Waals surface area contributed by atoms with Gasteiger partial charge in [-0.25, -0.2) is 0 Å². The van der Waals surface area contributed by atoms with E-state index >= 15 is 0 Å². The first kappa shape index (κ1) is 11.5. The maximum atomic E-state index is 10.3. The molecule has 0 N–H and O–H groups in total. The first-order valence-electron chi connectivity index (χ1n) is 4.72. The van der Waals surface area contributed by atoms with Crippen LogP contribution in [-0.2, 0) is 9.53 Å². The first-order valence-corrected chi connectivity index (χ1v) is 4.72. The smallest absolute Gasteiger partial charge is 0.293 e. The van der Waals surface area contributed by atoms with Crippen LogP contribution in [0.15, 0.2) is 0 Å². The zero-order chi connectivity index (χ0) is 9.61. The van der Waals surface area contributed by atoms with E-state index in [1.54, 1.807) is 0 Å². The predicted octanol–water partition coefficient (Wildman–Crippen LogP) is 2.76. The van der Waals surface area contributed by atoms with E-state index in [4.69, 9.17) is 4.74 Å². The van der Waals surface area contributed by atoms with E-state index in [2.05, 4.69) is 20.8 Å². The van der Waals surface area contributed by atoms with Crippen molar-refractivity contribution in [2.45, 2.75) is 52.6 Å². The molecular formula is C10H20O2. The summed E-state index contributed by atoms with van der Waals surface area (Å²) in [6, 6.07) is 0. The van der Waals surface area contributed by atoms with Crippen molar-refractivity contribution in [3.8, 4) is 0 Å². The van der Waals surface area contributed by atoms with Crippen LogP contribution in [0.3, 0.4) is 0 Å². The molecule has 2 nitrogen and oxygen atoms in total. The molecule has 0 rings (SSSR count). The summed E-state index contributed by atoms with van der Waals surface area (Å²) in [5.41, 5.74) is -0.266. The van der Waals surface area contributed by atoms with Crippen molar-refractivity contribution in [2.75, 3.05) is 0 Å². The highest BCUT2D eigenvalue weighted by molar-refractivity contribution is 5.38. The van der Waals surface area contributed by atoms with Crippen LogP contribution in [0.25, 0.3) is 0 Å². The molecule has 0 heterocycles. The van der Waals surface area contributed by atoms with Gasteiger partial charge >= 0.3 is 0 Å². The first-order chi connectivity index (χ1) is 5.60. The molecule has 0 fully saturated rings. The number of carbonyl (C=O) groups excluding carboxylic acids is 1. The third kappa shape index (κ3) is 2.84. The van der Waals surface area contributed by atoms with Crippen LogP contribution in [0.4, 0.5) is 0 Å². The minimum Gasteiger partial charge on any atom is -0.461 e. The summed E-state index contributed by atoms with van der Waals surface area (Å²) < 4.78 is 5.11. The van der Waals surface area contributed by atoms with Crippen molar-refractivity contribution in [1.29, 1.82) is 0 Å². The van der Waals surface area contributed by atoms with E-state index in [0.717, 1.165) is 19.3 Å². The van der Waals surface area contributed by atoms with Gasteiger partial charge < -0.3 is 4.74 Å². The van der Waals surface area contributed by atoms with Crippen LogP contribution >= 0.6 is 0 Å². The van der Waals surface area contributed by atoms with Gasteiger partial charge in [-0.15, -0.1) is 0 Å². The molecule has 0 aliphatic heterocycles. The van der Waals surface area contributed by atoms with Gasteiger partial charge in [0.2, 0.25) is 0 Å². The molecular weight excluding hydrogens is 152 g/mol. The molecule has 0 bridgehead atoms. The minimum atomic E-state index is -0.266. The fraction of sp³-hybridized carbons (Fsp3) is 0.900. The molecule has 0 aliphatic rings. The lowest BCUT2D eigenvalue weighted by atomic mass is 9.85. The Kier molecular flexibility index (Phi) is 4.95. The molecule has 2 heteroatoms. The largest absolute Gasteiger partial charge is 0.461 e. The molecule has 72 valence electrons. The maximum Gasteiger partial charge on any atom is 0.293 e. The second-order valence-corrected chi connectivity index (χ2v) is 3.57. The zero-order valence-electron chi connectivity index (χ0n) is 8.59. The summed E-state index contributed by atoms with van der Waals surface area (Å²) in [5, 5.41) is 0. The Morgan fingerprint density at radius 1 is 1.50 bits per heavy atom. The Morgan fingerprint density at radius 2 is 2.08 bits per heavy atom. The highest BCUT2D eigenvalue weighted by atomic mass is 16.5. The van der Waals surface area contributed by atoms with Gasteiger partial charge in [-0.05, 0) is 25.7 Å². The fourth-order valence-electron chi connectivity index (χ4n) is 1.40. The van der Waals surface area contributed by atoms with Gasteiger partial charge in [0.15, 0.2) is 0 Å². The van der Waals surface area contributed by atoms with Crippen LogP contribution in [0.5, 0.6) is 0 Å². The van der Waals surface area contributed by atoms with Gasteiger partial charge in [0.05, 0.1) is 0 Å². The number of carbonyl (C=O) groups is 1. The third-order valence-corrected chi connectivity index (χ3v) is 2.78. The van der Waals surface area contributed by atoms with E-state index in [1.165, 1.54) is 0 Å². The van der Waals surface area contributed by atoms with E-state index < -0.39 is 0 Å². The molecule has 0 aromatic rings. The summed E-state index contributed by atoms with van der Waals surface area (Å²) in [7, 11) is 0. The summed E-state index contributed by atoms with van der Waals surface area (Å²) >= 11 is 0. The number of hydrogen-bond acceptors (Lipinski definition) is 2. The highest BCUT2D eigenvalue weighted by Gasteiger charge is 2.29. The summed E-state index contributed by atoms with van der Waals surface area (Å²) in [5.74, 6) is 0.442. The Hall–Kier alpha value is -0.530.